The molecule has 2 rings (SSSR count). The number of nitrogens with zero attached hydrogens (tertiary/aromatic N) is 1. The number of hydrogen-bond acceptors (Lipinski definition) is 3. The molecule has 0 heterocycles. The third kappa shape index (κ3) is 7.77. The molecule has 0 saturated carbocycles. The number of esters is 1. The molecule has 0 N–H and O–H groups in total. The van der Waals surface area contributed by atoms with Gasteiger partial charge < -0.3 is 9.64 Å². The van der Waals surface area contributed by atoms with Crippen molar-refractivity contribution in [3.63, 3.8) is 0 Å². The molecule has 27 heavy (non-hydrogen) atoms. The minimum absolute atomic E-state index is 0.153. The van der Waals surface area contributed by atoms with Crippen LogP contribution in [0.4, 0.5) is 4.39 Å². The van der Waals surface area contributed by atoms with E-state index in [-0.39, 0.29) is 24.1 Å². The van der Waals surface area contributed by atoms with Crippen LogP contribution < -0.4 is 0 Å². The summed E-state index contributed by atoms with van der Waals surface area (Å²) in [6, 6.07) is 5.96. The van der Waals surface area contributed by atoms with Crippen LogP contribution in [-0.4, -0.2) is 36.5 Å². The summed E-state index contributed by atoms with van der Waals surface area (Å²) in [5, 5.41) is 0. The first-order valence-corrected chi connectivity index (χ1v) is 9.64. The second kappa shape index (κ2) is 11.3. The van der Waals surface area contributed by atoms with Crippen LogP contribution in [0.5, 0.6) is 0 Å². The average Bonchev–Trinajstić information content (AvgIpc) is 2.68. The Morgan fingerprint density at radius 1 is 1.19 bits per heavy atom. The largest absolute Gasteiger partial charge is 0.466 e. The summed E-state index contributed by atoms with van der Waals surface area (Å²) in [7, 11) is 0. The molecule has 1 aromatic carbocycles. The molecule has 0 unspecified atom stereocenters. The molecule has 0 saturated heterocycles. The number of ether oxygens (including phenoxy) is 1. The number of halogens is 1. The van der Waals surface area contributed by atoms with Gasteiger partial charge >= 0.3 is 5.97 Å². The number of amides is 1. The van der Waals surface area contributed by atoms with Gasteiger partial charge in [-0.2, -0.15) is 0 Å². The number of hydrogen-bond donors (Lipinski definition) is 0. The monoisotopic (exact) mass is 373 g/mol. The zero-order valence-electron chi connectivity index (χ0n) is 16.0. The summed E-state index contributed by atoms with van der Waals surface area (Å²) in [5.41, 5.74) is 2.14. The van der Waals surface area contributed by atoms with Crippen molar-refractivity contribution in [2.24, 2.45) is 0 Å². The van der Waals surface area contributed by atoms with Crippen LogP contribution in [0.2, 0.25) is 0 Å². The molecule has 1 aliphatic carbocycles. The van der Waals surface area contributed by atoms with E-state index in [1.165, 1.54) is 36.6 Å². The fraction of sp³-hybridized carbons (Fsp3) is 0.455. The maximum Gasteiger partial charge on any atom is 0.307 e. The van der Waals surface area contributed by atoms with Gasteiger partial charge in [0.1, 0.15) is 5.82 Å². The van der Waals surface area contributed by atoms with Gasteiger partial charge in [0.25, 0.3) is 0 Å². The Hall–Kier alpha value is -2.43. The normalized spacial score (nSPS) is 14.1. The minimum atomic E-state index is -0.310. The Balaban J connectivity index is 1.97. The smallest absolute Gasteiger partial charge is 0.307 e. The van der Waals surface area contributed by atoms with Gasteiger partial charge in [0.05, 0.1) is 13.0 Å². The molecule has 0 aliphatic heterocycles. The van der Waals surface area contributed by atoms with Crippen molar-refractivity contribution in [3.8, 4) is 0 Å². The molecule has 4 nitrogen and oxygen atoms in total. The summed E-state index contributed by atoms with van der Waals surface area (Å²) in [6.07, 6.45) is 11.1. The maximum atomic E-state index is 13.0. The number of carbonyl (C=O) groups excluding carboxylic acids is 2. The van der Waals surface area contributed by atoms with Crippen molar-refractivity contribution in [2.75, 3.05) is 19.7 Å². The topological polar surface area (TPSA) is 46.6 Å². The molecule has 1 amide bonds. The van der Waals surface area contributed by atoms with E-state index in [1.807, 2.05) is 0 Å². The van der Waals surface area contributed by atoms with Crippen molar-refractivity contribution in [1.29, 1.82) is 0 Å². The first kappa shape index (κ1) is 20.9. The first-order valence-electron chi connectivity index (χ1n) is 9.64. The number of rotatable bonds is 9. The van der Waals surface area contributed by atoms with Crippen LogP contribution in [0, 0.1) is 5.82 Å². The van der Waals surface area contributed by atoms with Crippen LogP contribution in [0.25, 0.3) is 6.08 Å². The molecule has 0 aromatic heterocycles. The molecule has 5 heteroatoms. The van der Waals surface area contributed by atoms with E-state index in [4.69, 9.17) is 4.74 Å². The highest BCUT2D eigenvalue weighted by Gasteiger charge is 2.14. The van der Waals surface area contributed by atoms with Crippen molar-refractivity contribution in [3.05, 3.63) is 53.4 Å². The number of carbonyl (C=O) groups is 2. The molecule has 0 bridgehead atoms. The lowest BCUT2D eigenvalue weighted by atomic mass is 9.97. The van der Waals surface area contributed by atoms with E-state index in [0.717, 1.165) is 24.8 Å². The highest BCUT2D eigenvalue weighted by molar-refractivity contribution is 5.92. The number of allylic oxidation sites excluding steroid dienone is 1. The summed E-state index contributed by atoms with van der Waals surface area (Å²) in [4.78, 5) is 26.0. The lowest BCUT2D eigenvalue weighted by molar-refractivity contribution is -0.143. The average molecular weight is 373 g/mol. The van der Waals surface area contributed by atoms with Crippen LogP contribution >= 0.6 is 0 Å². The van der Waals surface area contributed by atoms with Gasteiger partial charge in [0.15, 0.2) is 0 Å². The summed E-state index contributed by atoms with van der Waals surface area (Å²) in [5.74, 6) is -0.759. The van der Waals surface area contributed by atoms with E-state index in [2.05, 4.69) is 6.08 Å². The summed E-state index contributed by atoms with van der Waals surface area (Å²) >= 11 is 0. The molecule has 0 fully saturated rings. The third-order valence-electron chi connectivity index (χ3n) is 4.58. The molecule has 0 radical (unpaired) electrons. The lowest BCUT2D eigenvalue weighted by Gasteiger charge is -2.22. The Bertz CT molecular complexity index is 679. The van der Waals surface area contributed by atoms with Crippen LogP contribution in [-0.2, 0) is 14.3 Å². The maximum absolute atomic E-state index is 13.0. The van der Waals surface area contributed by atoms with Crippen LogP contribution in [0.3, 0.4) is 0 Å². The second-order valence-electron chi connectivity index (χ2n) is 6.62. The second-order valence-corrected chi connectivity index (χ2v) is 6.62. The summed E-state index contributed by atoms with van der Waals surface area (Å²) < 4.78 is 17.9. The number of benzene rings is 1. The van der Waals surface area contributed by atoms with E-state index in [9.17, 15) is 14.0 Å². The predicted octanol–water partition coefficient (Wildman–Crippen LogP) is 4.51. The van der Waals surface area contributed by atoms with Gasteiger partial charge in [0.2, 0.25) is 5.91 Å². The van der Waals surface area contributed by atoms with Crippen molar-refractivity contribution < 1.29 is 18.7 Å². The fourth-order valence-electron chi connectivity index (χ4n) is 3.05. The van der Waals surface area contributed by atoms with E-state index in [1.54, 1.807) is 30.0 Å². The van der Waals surface area contributed by atoms with Crippen molar-refractivity contribution in [1.82, 2.24) is 4.90 Å². The predicted molar refractivity (Wildman–Crippen MR) is 104 cm³/mol. The van der Waals surface area contributed by atoms with E-state index < -0.39 is 0 Å². The van der Waals surface area contributed by atoms with Gasteiger partial charge in [-0.3, -0.25) is 9.59 Å². The highest BCUT2D eigenvalue weighted by Crippen LogP contribution is 2.20. The first-order chi connectivity index (χ1) is 13.1. The Morgan fingerprint density at radius 3 is 2.63 bits per heavy atom. The standard InChI is InChI=1S/C22H28FNO3/c1-2-27-22(26)15-17-24(16-14-18-6-4-3-5-7-18)21(25)13-10-19-8-11-20(23)12-9-19/h6,8-13H,2-5,7,14-17H2,1H3/b13-10+. The third-order valence-corrected chi connectivity index (χ3v) is 4.58. The molecule has 1 aliphatic rings. The zero-order valence-corrected chi connectivity index (χ0v) is 16.0. The molecule has 0 spiro atoms. The quantitative estimate of drug-likeness (QED) is 0.363. The van der Waals surface area contributed by atoms with Gasteiger partial charge in [-0.05, 0) is 62.8 Å². The summed E-state index contributed by atoms with van der Waals surface area (Å²) in [6.45, 7) is 3.02. The van der Waals surface area contributed by atoms with Gasteiger partial charge in [-0.15, -0.1) is 0 Å². The molecule has 1 aromatic rings. The molecule has 0 atom stereocenters. The van der Waals surface area contributed by atoms with Crippen molar-refractivity contribution >= 4 is 18.0 Å². The fourth-order valence-corrected chi connectivity index (χ4v) is 3.05. The highest BCUT2D eigenvalue weighted by atomic mass is 19.1. The molecular weight excluding hydrogens is 345 g/mol. The SMILES string of the molecule is CCOC(=O)CCN(CCC1=CCCCC1)C(=O)/C=C/c1ccc(F)cc1. The van der Waals surface area contributed by atoms with Gasteiger partial charge in [-0.1, -0.05) is 23.8 Å². The Kier molecular flexibility index (Phi) is 8.75. The van der Waals surface area contributed by atoms with Gasteiger partial charge in [-0.25, -0.2) is 4.39 Å². The minimum Gasteiger partial charge on any atom is -0.466 e. The van der Waals surface area contributed by atoms with E-state index >= 15 is 0 Å². The Labute approximate surface area is 160 Å². The van der Waals surface area contributed by atoms with Crippen LogP contribution in [0.1, 0.15) is 51.0 Å². The molecule has 146 valence electrons. The lowest BCUT2D eigenvalue weighted by Crippen LogP contribution is -2.33. The van der Waals surface area contributed by atoms with Crippen LogP contribution in [0.15, 0.2) is 42.0 Å². The zero-order chi connectivity index (χ0) is 19.5. The molecular formula is C22H28FNO3. The van der Waals surface area contributed by atoms with Crippen molar-refractivity contribution in [2.45, 2.75) is 45.4 Å². The Morgan fingerprint density at radius 2 is 1.96 bits per heavy atom. The van der Waals surface area contributed by atoms with Gasteiger partial charge in [0, 0.05) is 19.2 Å². The van der Waals surface area contributed by atoms with E-state index in [0.29, 0.717) is 19.7 Å².